The molecule has 3 aromatic heterocycles. The van der Waals surface area contributed by atoms with Gasteiger partial charge in [0.15, 0.2) is 5.76 Å². The highest BCUT2D eigenvalue weighted by Gasteiger charge is 2.16. The molecule has 2 aromatic carbocycles. The summed E-state index contributed by atoms with van der Waals surface area (Å²) >= 11 is 0. The van der Waals surface area contributed by atoms with Gasteiger partial charge in [0.05, 0.1) is 22.8 Å². The van der Waals surface area contributed by atoms with Crippen LogP contribution in [0.3, 0.4) is 0 Å². The van der Waals surface area contributed by atoms with Gasteiger partial charge in [0.2, 0.25) is 5.82 Å². The summed E-state index contributed by atoms with van der Waals surface area (Å²) in [4.78, 5) is 17.9. The van der Waals surface area contributed by atoms with Gasteiger partial charge in [-0.2, -0.15) is 9.78 Å². The molecule has 0 saturated heterocycles. The van der Waals surface area contributed by atoms with E-state index < -0.39 is 0 Å². The number of rotatable bonds is 4. The average molecular weight is 382 g/mol. The Hall–Kier alpha value is -3.93. The van der Waals surface area contributed by atoms with Crippen LogP contribution in [0.1, 0.15) is 12.6 Å². The molecule has 0 fully saturated rings. The minimum absolute atomic E-state index is 0.239. The van der Waals surface area contributed by atoms with Gasteiger partial charge in [-0.1, -0.05) is 30.3 Å². The molecular formula is C23H18N4O2. The Kier molecular flexibility index (Phi) is 4.09. The maximum atomic E-state index is 13.2. The monoisotopic (exact) mass is 382 g/mol. The Balaban J connectivity index is 1.75. The second-order valence-corrected chi connectivity index (χ2v) is 6.68. The molecule has 0 amide bonds. The van der Waals surface area contributed by atoms with Crippen LogP contribution in [0, 0.1) is 0 Å². The summed E-state index contributed by atoms with van der Waals surface area (Å²) < 4.78 is 9.34. The lowest BCUT2D eigenvalue weighted by atomic mass is 10.2. The molecule has 0 aliphatic heterocycles. The molecule has 0 spiro atoms. The summed E-state index contributed by atoms with van der Waals surface area (Å²) in [5.74, 6) is 0.868. The van der Waals surface area contributed by atoms with Gasteiger partial charge in [0, 0.05) is 18.1 Å². The summed E-state index contributed by atoms with van der Waals surface area (Å²) in [6.45, 7) is 2.87. The van der Waals surface area contributed by atoms with Crippen LogP contribution in [-0.4, -0.2) is 20.4 Å². The highest BCUT2D eigenvalue weighted by molar-refractivity contribution is 5.84. The first-order chi connectivity index (χ1) is 14.2. The summed E-state index contributed by atoms with van der Waals surface area (Å²) in [5.41, 5.74) is 2.01. The minimum Gasteiger partial charge on any atom is -0.453 e. The predicted octanol–water partition coefficient (Wildman–Crippen LogP) is 4.51. The van der Waals surface area contributed by atoms with E-state index in [4.69, 9.17) is 9.40 Å². The number of furan rings is 1. The molecular weight excluding hydrogens is 364 g/mol. The van der Waals surface area contributed by atoms with E-state index in [0.717, 1.165) is 23.2 Å². The Morgan fingerprint density at radius 3 is 2.76 bits per heavy atom. The van der Waals surface area contributed by atoms with Crippen LogP contribution in [0.15, 0.2) is 87.2 Å². The number of hydrogen-bond acceptors (Lipinski definition) is 4. The van der Waals surface area contributed by atoms with Gasteiger partial charge >= 0.3 is 0 Å². The summed E-state index contributed by atoms with van der Waals surface area (Å²) in [6.07, 6.45) is 3.65. The van der Waals surface area contributed by atoms with Gasteiger partial charge in [-0.3, -0.25) is 4.79 Å². The summed E-state index contributed by atoms with van der Waals surface area (Å²) in [5, 5.41) is 5.94. The lowest BCUT2D eigenvalue weighted by Crippen LogP contribution is -2.20. The lowest BCUT2D eigenvalue weighted by molar-refractivity contribution is 0.616. The van der Waals surface area contributed by atoms with Crippen LogP contribution >= 0.6 is 0 Å². The van der Waals surface area contributed by atoms with Gasteiger partial charge < -0.3 is 8.98 Å². The van der Waals surface area contributed by atoms with Crippen molar-refractivity contribution in [3.63, 3.8) is 0 Å². The Bertz CT molecular complexity index is 1390. The third-order valence-electron chi connectivity index (χ3n) is 4.91. The number of hydrogen-bond donors (Lipinski definition) is 0. The molecule has 29 heavy (non-hydrogen) atoms. The molecule has 0 atom stereocenters. The van der Waals surface area contributed by atoms with E-state index in [1.54, 1.807) is 12.3 Å². The van der Waals surface area contributed by atoms with Crippen molar-refractivity contribution in [2.45, 2.75) is 13.5 Å². The number of fused-ring (bicyclic) bond motifs is 2. The van der Waals surface area contributed by atoms with Gasteiger partial charge in [0.25, 0.3) is 5.56 Å². The number of benzene rings is 2. The first-order valence-electron chi connectivity index (χ1n) is 9.45. The normalized spacial score (nSPS) is 11.8. The standard InChI is InChI=1S/C23H18N4O2/c1-2-26-13-7-9-17(26)15-24-27-22(21-14-16-8-3-6-12-20(16)29-21)25-19-11-5-4-10-18(19)23(27)28/h3-15H,2H2,1H3. The van der Waals surface area contributed by atoms with E-state index in [1.165, 1.54) is 4.68 Å². The molecule has 0 aliphatic rings. The molecule has 142 valence electrons. The van der Waals surface area contributed by atoms with Gasteiger partial charge in [-0.15, -0.1) is 0 Å². The number of para-hydroxylation sites is 2. The quantitative estimate of drug-likeness (QED) is 0.430. The Morgan fingerprint density at radius 2 is 1.90 bits per heavy atom. The van der Waals surface area contributed by atoms with E-state index in [2.05, 4.69) is 12.0 Å². The van der Waals surface area contributed by atoms with Crippen LogP contribution in [0.4, 0.5) is 0 Å². The fraction of sp³-hybridized carbons (Fsp3) is 0.0870. The van der Waals surface area contributed by atoms with Crippen LogP contribution in [0.5, 0.6) is 0 Å². The molecule has 0 unspecified atom stereocenters. The van der Waals surface area contributed by atoms with Gasteiger partial charge in [-0.05, 0) is 43.3 Å². The number of nitrogens with zero attached hydrogens (tertiary/aromatic N) is 4. The molecule has 0 saturated carbocycles. The molecule has 0 radical (unpaired) electrons. The van der Waals surface area contributed by atoms with Crippen molar-refractivity contribution in [1.82, 2.24) is 14.2 Å². The third kappa shape index (κ3) is 2.95. The minimum atomic E-state index is -0.239. The van der Waals surface area contributed by atoms with E-state index in [-0.39, 0.29) is 5.56 Å². The van der Waals surface area contributed by atoms with E-state index in [9.17, 15) is 4.79 Å². The molecule has 3 heterocycles. The molecule has 5 aromatic rings. The topological polar surface area (TPSA) is 65.3 Å². The first kappa shape index (κ1) is 17.2. The van der Waals surface area contributed by atoms with E-state index in [0.29, 0.717) is 22.5 Å². The van der Waals surface area contributed by atoms with Crippen molar-refractivity contribution in [3.05, 3.63) is 89.0 Å². The lowest BCUT2D eigenvalue weighted by Gasteiger charge is -2.07. The maximum absolute atomic E-state index is 13.2. The Morgan fingerprint density at radius 1 is 1.07 bits per heavy atom. The van der Waals surface area contributed by atoms with Crippen molar-refractivity contribution in [1.29, 1.82) is 0 Å². The predicted molar refractivity (Wildman–Crippen MR) is 114 cm³/mol. The first-order valence-corrected chi connectivity index (χ1v) is 9.45. The number of aromatic nitrogens is 3. The molecule has 5 rings (SSSR count). The fourth-order valence-electron chi connectivity index (χ4n) is 3.43. The fourth-order valence-corrected chi connectivity index (χ4v) is 3.43. The molecule has 0 bridgehead atoms. The molecule has 6 nitrogen and oxygen atoms in total. The second-order valence-electron chi connectivity index (χ2n) is 6.68. The zero-order valence-electron chi connectivity index (χ0n) is 15.8. The van der Waals surface area contributed by atoms with Crippen molar-refractivity contribution in [3.8, 4) is 11.6 Å². The molecule has 0 N–H and O–H groups in total. The van der Waals surface area contributed by atoms with Crippen LogP contribution < -0.4 is 5.56 Å². The largest absolute Gasteiger partial charge is 0.453 e. The zero-order chi connectivity index (χ0) is 19.8. The third-order valence-corrected chi connectivity index (χ3v) is 4.91. The summed E-state index contributed by atoms with van der Waals surface area (Å²) in [6, 6.07) is 20.7. The molecule has 6 heteroatoms. The van der Waals surface area contributed by atoms with Crippen molar-refractivity contribution >= 4 is 28.1 Å². The Labute approximate surface area is 166 Å². The highest BCUT2D eigenvalue weighted by Crippen LogP contribution is 2.27. The smallest absolute Gasteiger partial charge is 0.282 e. The van der Waals surface area contributed by atoms with Gasteiger partial charge in [0.1, 0.15) is 5.58 Å². The van der Waals surface area contributed by atoms with Gasteiger partial charge in [-0.25, -0.2) is 4.98 Å². The van der Waals surface area contributed by atoms with E-state index >= 15 is 0 Å². The van der Waals surface area contributed by atoms with Crippen LogP contribution in [0.25, 0.3) is 33.5 Å². The number of aryl methyl sites for hydroxylation is 1. The zero-order valence-corrected chi connectivity index (χ0v) is 15.8. The van der Waals surface area contributed by atoms with Crippen LogP contribution in [-0.2, 0) is 6.54 Å². The average Bonchev–Trinajstić information content (AvgIpc) is 3.39. The molecule has 0 aliphatic carbocycles. The van der Waals surface area contributed by atoms with Crippen molar-refractivity contribution < 1.29 is 4.42 Å². The second kappa shape index (κ2) is 6.91. The summed E-state index contributed by atoms with van der Waals surface area (Å²) in [7, 11) is 0. The maximum Gasteiger partial charge on any atom is 0.282 e. The van der Waals surface area contributed by atoms with Crippen molar-refractivity contribution in [2.75, 3.05) is 0 Å². The van der Waals surface area contributed by atoms with E-state index in [1.807, 2.05) is 71.4 Å². The van der Waals surface area contributed by atoms with Crippen LogP contribution in [0.2, 0.25) is 0 Å². The SMILES string of the molecule is CCn1cccc1C=Nn1c(-c2cc3ccccc3o2)nc2ccccc2c1=O. The highest BCUT2D eigenvalue weighted by atomic mass is 16.3. The van der Waals surface area contributed by atoms with Crippen molar-refractivity contribution in [2.24, 2.45) is 5.10 Å².